The maximum absolute atomic E-state index is 13.2. The van der Waals surface area contributed by atoms with Crippen molar-refractivity contribution in [3.05, 3.63) is 53.7 Å². The van der Waals surface area contributed by atoms with E-state index in [0.717, 1.165) is 0 Å². The number of likely N-dealkylation sites (N-methyl/N-ethyl adjacent to an activating group) is 1. The smallest absolute Gasteiger partial charge is 0.239 e. The molecule has 1 amide bonds. The van der Waals surface area contributed by atoms with E-state index in [4.69, 9.17) is 0 Å². The molecule has 100 valence electrons. The van der Waals surface area contributed by atoms with Gasteiger partial charge in [0.2, 0.25) is 5.91 Å². The number of aliphatic hydroxyl groups is 1. The first kappa shape index (κ1) is 13.1. The normalized spacial score (nSPS) is 14.7. The first-order valence-electron chi connectivity index (χ1n) is 5.90. The van der Waals surface area contributed by atoms with E-state index < -0.39 is 0 Å². The number of nitrogens with one attached hydrogen (secondary N) is 1. The summed E-state index contributed by atoms with van der Waals surface area (Å²) in [6, 6.07) is 6.11. The molecule has 4 nitrogen and oxygen atoms in total. The Bertz CT molecular complexity index is 552. The zero-order valence-corrected chi connectivity index (χ0v) is 10.6. The van der Waals surface area contributed by atoms with E-state index in [2.05, 4.69) is 5.32 Å². The van der Waals surface area contributed by atoms with Gasteiger partial charge in [0.15, 0.2) is 0 Å². The van der Waals surface area contributed by atoms with Crippen molar-refractivity contribution in [1.82, 2.24) is 10.2 Å². The van der Waals surface area contributed by atoms with Crippen molar-refractivity contribution in [1.29, 1.82) is 0 Å². The first-order chi connectivity index (χ1) is 9.08. The molecule has 0 bridgehead atoms. The molecule has 0 radical (unpaired) electrons. The minimum atomic E-state index is -0.338. The maximum atomic E-state index is 13.2. The van der Waals surface area contributed by atoms with Crippen LogP contribution in [0, 0.1) is 5.82 Å². The first-order valence-corrected chi connectivity index (χ1v) is 5.90. The van der Waals surface area contributed by atoms with Crippen LogP contribution < -0.4 is 5.32 Å². The number of nitrogens with zero attached hydrogens (tertiary/aromatic N) is 1. The average Bonchev–Trinajstić information content (AvgIpc) is 2.38. The van der Waals surface area contributed by atoms with Crippen molar-refractivity contribution in [3.8, 4) is 0 Å². The molecule has 0 spiro atoms. The molecule has 0 unspecified atom stereocenters. The number of hydrogen-bond donors (Lipinski definition) is 2. The van der Waals surface area contributed by atoms with E-state index in [9.17, 15) is 14.3 Å². The van der Waals surface area contributed by atoms with Crippen molar-refractivity contribution in [2.45, 2.75) is 0 Å². The minimum absolute atomic E-state index is 0.144. The van der Waals surface area contributed by atoms with Crippen LogP contribution in [0.4, 0.5) is 4.39 Å². The fourth-order valence-corrected chi connectivity index (χ4v) is 1.90. The van der Waals surface area contributed by atoms with Crippen LogP contribution >= 0.6 is 0 Å². The number of benzene rings is 1. The molecule has 2 rings (SSSR count). The van der Waals surface area contributed by atoms with E-state index in [-0.39, 0.29) is 30.6 Å². The molecule has 1 aliphatic heterocycles. The van der Waals surface area contributed by atoms with Crippen LogP contribution in [0.3, 0.4) is 0 Å². The van der Waals surface area contributed by atoms with Gasteiger partial charge in [-0.05, 0) is 23.8 Å². The average molecular weight is 262 g/mol. The summed E-state index contributed by atoms with van der Waals surface area (Å²) < 4.78 is 13.2. The van der Waals surface area contributed by atoms with Crippen molar-refractivity contribution in [2.24, 2.45) is 0 Å². The highest BCUT2D eigenvalue weighted by molar-refractivity contribution is 5.79. The Balaban J connectivity index is 2.25. The Morgan fingerprint density at radius 3 is 3.00 bits per heavy atom. The molecule has 1 aromatic rings. The monoisotopic (exact) mass is 262 g/mol. The van der Waals surface area contributed by atoms with Crippen LogP contribution in [-0.4, -0.2) is 36.1 Å². The van der Waals surface area contributed by atoms with E-state index >= 15 is 0 Å². The van der Waals surface area contributed by atoms with Crippen LogP contribution in [0.25, 0.3) is 5.57 Å². The third kappa shape index (κ3) is 3.34. The summed E-state index contributed by atoms with van der Waals surface area (Å²) in [6.45, 7) is 0.416. The SMILES string of the molecule is CNC(=O)CN1C=C(c2cccc(F)c2)C=C(O)C1. The summed E-state index contributed by atoms with van der Waals surface area (Å²) in [6.07, 6.45) is 3.32. The Labute approximate surface area is 110 Å². The van der Waals surface area contributed by atoms with Crippen LogP contribution in [0.1, 0.15) is 5.56 Å². The zero-order chi connectivity index (χ0) is 13.8. The molecule has 1 aromatic carbocycles. The van der Waals surface area contributed by atoms with E-state index in [0.29, 0.717) is 11.1 Å². The number of rotatable bonds is 3. The van der Waals surface area contributed by atoms with Crippen molar-refractivity contribution in [2.75, 3.05) is 20.1 Å². The van der Waals surface area contributed by atoms with Gasteiger partial charge in [-0.2, -0.15) is 0 Å². The molecule has 1 aliphatic rings. The Hall–Kier alpha value is -2.30. The van der Waals surface area contributed by atoms with Gasteiger partial charge < -0.3 is 15.3 Å². The molecular formula is C14H15FN2O2. The van der Waals surface area contributed by atoms with Gasteiger partial charge in [0, 0.05) is 18.8 Å². The lowest BCUT2D eigenvalue weighted by Gasteiger charge is -2.24. The lowest BCUT2D eigenvalue weighted by atomic mass is 10.0. The highest BCUT2D eigenvalue weighted by atomic mass is 19.1. The number of amides is 1. The standard InChI is InChI=1S/C14H15FN2O2/c1-16-14(19)9-17-7-11(6-13(18)8-17)10-3-2-4-12(15)5-10/h2-7,18H,8-9H2,1H3,(H,16,19). The Morgan fingerprint density at radius 2 is 2.32 bits per heavy atom. The molecule has 0 saturated heterocycles. The van der Waals surface area contributed by atoms with E-state index in [1.54, 1.807) is 36.4 Å². The fraction of sp³-hybridized carbons (Fsp3) is 0.214. The quantitative estimate of drug-likeness (QED) is 0.871. The van der Waals surface area contributed by atoms with Gasteiger partial charge in [-0.25, -0.2) is 4.39 Å². The van der Waals surface area contributed by atoms with Gasteiger partial charge in [-0.3, -0.25) is 4.79 Å². The molecule has 0 fully saturated rings. The Morgan fingerprint density at radius 1 is 1.53 bits per heavy atom. The molecule has 2 N–H and O–H groups in total. The predicted octanol–water partition coefficient (Wildman–Crippen LogP) is 1.67. The van der Waals surface area contributed by atoms with Crippen molar-refractivity contribution >= 4 is 11.5 Å². The number of hydrogen-bond acceptors (Lipinski definition) is 3. The highest BCUT2D eigenvalue weighted by Crippen LogP contribution is 2.22. The summed E-state index contributed by atoms with van der Waals surface area (Å²) in [7, 11) is 1.55. The Kier molecular flexibility index (Phi) is 3.85. The van der Waals surface area contributed by atoms with Crippen molar-refractivity contribution < 1.29 is 14.3 Å². The summed E-state index contributed by atoms with van der Waals surface area (Å²) in [5, 5.41) is 12.2. The number of allylic oxidation sites excluding steroid dienone is 2. The fourth-order valence-electron chi connectivity index (χ4n) is 1.90. The third-order valence-electron chi connectivity index (χ3n) is 2.79. The molecule has 0 atom stereocenters. The van der Waals surface area contributed by atoms with Gasteiger partial charge in [0.1, 0.15) is 11.6 Å². The molecule has 5 heteroatoms. The van der Waals surface area contributed by atoms with E-state index in [1.807, 2.05) is 0 Å². The van der Waals surface area contributed by atoms with Crippen LogP contribution in [-0.2, 0) is 4.79 Å². The maximum Gasteiger partial charge on any atom is 0.239 e. The zero-order valence-electron chi connectivity index (χ0n) is 10.6. The van der Waals surface area contributed by atoms with E-state index in [1.165, 1.54) is 12.1 Å². The number of carbonyl (C=O) groups excluding carboxylic acids is 1. The largest absolute Gasteiger partial charge is 0.510 e. The van der Waals surface area contributed by atoms with Crippen LogP contribution in [0.5, 0.6) is 0 Å². The molecule has 0 saturated carbocycles. The molecule has 0 aromatic heterocycles. The van der Waals surface area contributed by atoms with Gasteiger partial charge >= 0.3 is 0 Å². The second-order valence-electron chi connectivity index (χ2n) is 4.31. The second-order valence-corrected chi connectivity index (χ2v) is 4.31. The van der Waals surface area contributed by atoms with Gasteiger partial charge in [0.25, 0.3) is 0 Å². The third-order valence-corrected chi connectivity index (χ3v) is 2.79. The molecule has 0 aliphatic carbocycles. The highest BCUT2D eigenvalue weighted by Gasteiger charge is 2.15. The van der Waals surface area contributed by atoms with Crippen molar-refractivity contribution in [3.63, 3.8) is 0 Å². The van der Waals surface area contributed by atoms with Gasteiger partial charge in [0.05, 0.1) is 13.1 Å². The summed E-state index contributed by atoms with van der Waals surface area (Å²) in [5.74, 6) is -0.343. The summed E-state index contributed by atoms with van der Waals surface area (Å²) >= 11 is 0. The number of aliphatic hydroxyl groups excluding tert-OH is 1. The predicted molar refractivity (Wildman–Crippen MR) is 70.7 cm³/mol. The lowest BCUT2D eigenvalue weighted by Crippen LogP contribution is -2.34. The van der Waals surface area contributed by atoms with Crippen LogP contribution in [0.2, 0.25) is 0 Å². The minimum Gasteiger partial charge on any atom is -0.510 e. The summed E-state index contributed by atoms with van der Waals surface area (Å²) in [4.78, 5) is 13.0. The van der Waals surface area contributed by atoms with Gasteiger partial charge in [-0.15, -0.1) is 0 Å². The molecular weight excluding hydrogens is 247 g/mol. The molecule has 19 heavy (non-hydrogen) atoms. The number of halogens is 1. The summed E-state index contributed by atoms with van der Waals surface area (Å²) in [5.41, 5.74) is 1.33. The lowest BCUT2D eigenvalue weighted by molar-refractivity contribution is -0.121. The van der Waals surface area contributed by atoms with Crippen LogP contribution in [0.15, 0.2) is 42.3 Å². The molecule has 1 heterocycles. The number of carbonyl (C=O) groups is 1. The van der Waals surface area contributed by atoms with Gasteiger partial charge in [-0.1, -0.05) is 12.1 Å². The second kappa shape index (κ2) is 5.56. The topological polar surface area (TPSA) is 52.6 Å².